The molecule has 0 aromatic rings. The maximum Gasteiger partial charge on any atom is 0.102 e. The Labute approximate surface area is 162 Å². The molecule has 0 spiro atoms. The number of allylic oxidation sites excluding steroid dienone is 1. The third kappa shape index (κ3) is 13.7. The van der Waals surface area contributed by atoms with Crippen LogP contribution in [0.3, 0.4) is 0 Å². The van der Waals surface area contributed by atoms with Gasteiger partial charge < -0.3 is 28.4 Å². The van der Waals surface area contributed by atoms with E-state index < -0.39 is 0 Å². The van der Waals surface area contributed by atoms with Crippen molar-refractivity contribution in [3.8, 4) is 0 Å². The zero-order valence-electron chi connectivity index (χ0n) is 16.7. The molecule has 0 aliphatic rings. The second-order valence-corrected chi connectivity index (χ2v) is 7.50. The normalized spacial score (nSPS) is 12.6. The molecule has 0 aliphatic carbocycles. The van der Waals surface area contributed by atoms with Gasteiger partial charge in [0.2, 0.25) is 0 Å². The largest absolute Gasteiger partial charge is 1.00 e. The maximum atomic E-state index is 9.34. The minimum atomic E-state index is -0.211. The smallest absolute Gasteiger partial charge is 0.102 e. The molecule has 3 nitrogen and oxygen atoms in total. The standard InChI is InChI=1S/C21H43NO2.ClH/c1-3-5-6-7-8-9-10-11-12-13-15-20(14-4-2)21(22,16-18-23)17-19-24;/h4,20,23-24H,2-3,5-19,22H2,1H3;1H. The molecule has 0 aromatic carbocycles. The number of quaternary nitrogens is 1. The predicted molar refractivity (Wildman–Crippen MR) is 104 cm³/mol. The minimum Gasteiger partial charge on any atom is -1.00 e. The van der Waals surface area contributed by atoms with Crippen LogP contribution in [-0.2, 0) is 0 Å². The second-order valence-electron chi connectivity index (χ2n) is 7.50. The number of aliphatic hydroxyl groups excluding tert-OH is 2. The zero-order chi connectivity index (χ0) is 18.1. The van der Waals surface area contributed by atoms with Crippen LogP contribution in [-0.4, -0.2) is 29.0 Å². The third-order valence-corrected chi connectivity index (χ3v) is 5.44. The number of unbranched alkanes of at least 4 members (excludes halogenated alkanes) is 9. The van der Waals surface area contributed by atoms with Crippen LogP contribution in [0.4, 0.5) is 0 Å². The molecule has 0 fully saturated rings. The summed E-state index contributed by atoms with van der Waals surface area (Å²) < 4.78 is 0. The van der Waals surface area contributed by atoms with Gasteiger partial charge in [0.25, 0.3) is 0 Å². The predicted octanol–water partition coefficient (Wildman–Crippen LogP) is 1.24. The summed E-state index contributed by atoms with van der Waals surface area (Å²) in [6.07, 6.45) is 18.9. The van der Waals surface area contributed by atoms with E-state index in [4.69, 9.17) is 0 Å². The summed E-state index contributed by atoms with van der Waals surface area (Å²) in [6.45, 7) is 6.44. The van der Waals surface area contributed by atoms with Crippen molar-refractivity contribution in [2.24, 2.45) is 5.92 Å². The fraction of sp³-hybridized carbons (Fsp3) is 0.905. The number of halogens is 1. The van der Waals surface area contributed by atoms with Gasteiger partial charge >= 0.3 is 0 Å². The van der Waals surface area contributed by atoms with Gasteiger partial charge in [-0.2, -0.15) is 0 Å². The Morgan fingerprint density at radius 2 is 1.32 bits per heavy atom. The first-order valence-corrected chi connectivity index (χ1v) is 10.3. The SMILES string of the molecule is C=CCC(CCCCCCCCCCCC)C([NH3+])(CCO)CCO.[Cl-]. The molecule has 5 N–H and O–H groups in total. The molecule has 25 heavy (non-hydrogen) atoms. The lowest BCUT2D eigenvalue weighted by molar-refractivity contribution is -0.498. The summed E-state index contributed by atoms with van der Waals surface area (Å²) in [7, 11) is 0. The number of aliphatic hydroxyl groups is 2. The molecule has 0 radical (unpaired) electrons. The van der Waals surface area contributed by atoms with Gasteiger partial charge in [0, 0.05) is 32.0 Å². The molecular formula is C21H44ClNO2. The molecule has 4 heteroatoms. The van der Waals surface area contributed by atoms with Gasteiger partial charge in [0.1, 0.15) is 5.54 Å². The summed E-state index contributed by atoms with van der Waals surface area (Å²) in [4.78, 5) is 0. The van der Waals surface area contributed by atoms with Gasteiger partial charge in [0.15, 0.2) is 0 Å². The topological polar surface area (TPSA) is 68.1 Å². The lowest BCUT2D eigenvalue weighted by Gasteiger charge is -2.33. The van der Waals surface area contributed by atoms with Crippen molar-refractivity contribution in [3.05, 3.63) is 12.7 Å². The summed E-state index contributed by atoms with van der Waals surface area (Å²) >= 11 is 0. The highest BCUT2D eigenvalue weighted by molar-refractivity contribution is 4.89. The number of rotatable bonds is 18. The molecule has 0 saturated carbocycles. The van der Waals surface area contributed by atoms with Crippen LogP contribution in [0.15, 0.2) is 12.7 Å². The molecular weight excluding hydrogens is 334 g/mol. The highest BCUT2D eigenvalue weighted by atomic mass is 35.5. The Morgan fingerprint density at radius 1 is 0.880 bits per heavy atom. The number of hydrogen-bond donors (Lipinski definition) is 3. The van der Waals surface area contributed by atoms with E-state index >= 15 is 0 Å². The van der Waals surface area contributed by atoms with Crippen molar-refractivity contribution in [1.29, 1.82) is 0 Å². The van der Waals surface area contributed by atoms with E-state index in [-0.39, 0.29) is 31.2 Å². The van der Waals surface area contributed by atoms with Crippen LogP contribution in [0.25, 0.3) is 0 Å². The van der Waals surface area contributed by atoms with Gasteiger partial charge in [-0.25, -0.2) is 0 Å². The summed E-state index contributed by atoms with van der Waals surface area (Å²) in [5, 5.41) is 18.7. The summed E-state index contributed by atoms with van der Waals surface area (Å²) in [5.74, 6) is 0.420. The van der Waals surface area contributed by atoms with E-state index in [0.717, 1.165) is 12.8 Å². The molecule has 0 saturated heterocycles. The summed E-state index contributed by atoms with van der Waals surface area (Å²) in [5.41, 5.74) is 4.15. The van der Waals surface area contributed by atoms with Crippen LogP contribution < -0.4 is 18.1 Å². The Kier molecular flexibility index (Phi) is 20.3. The van der Waals surface area contributed by atoms with Crippen molar-refractivity contribution < 1.29 is 28.4 Å². The van der Waals surface area contributed by atoms with Crippen molar-refractivity contribution in [3.63, 3.8) is 0 Å². The minimum absolute atomic E-state index is 0. The molecule has 152 valence electrons. The van der Waals surface area contributed by atoms with E-state index in [1.54, 1.807) is 0 Å². The quantitative estimate of drug-likeness (QED) is 0.248. The van der Waals surface area contributed by atoms with Crippen LogP contribution in [0.2, 0.25) is 0 Å². The fourth-order valence-corrected chi connectivity index (χ4v) is 3.73. The Bertz CT molecular complexity index is 281. The van der Waals surface area contributed by atoms with Crippen molar-refractivity contribution in [2.45, 2.75) is 102 Å². The first-order chi connectivity index (χ1) is 11.6. The fourth-order valence-electron chi connectivity index (χ4n) is 3.73. The van der Waals surface area contributed by atoms with E-state index in [0.29, 0.717) is 18.8 Å². The molecule has 0 amide bonds. The lowest BCUT2D eigenvalue weighted by Crippen LogP contribution is -3.00. The number of hydrogen-bond acceptors (Lipinski definition) is 2. The maximum absolute atomic E-state index is 9.34. The van der Waals surface area contributed by atoms with Crippen molar-refractivity contribution >= 4 is 0 Å². The average molecular weight is 378 g/mol. The van der Waals surface area contributed by atoms with Gasteiger partial charge in [-0.15, -0.1) is 6.58 Å². The molecule has 1 atom stereocenters. The first-order valence-electron chi connectivity index (χ1n) is 10.3. The molecule has 0 aliphatic heterocycles. The van der Waals surface area contributed by atoms with Crippen molar-refractivity contribution in [1.82, 2.24) is 0 Å². The highest BCUT2D eigenvalue weighted by Crippen LogP contribution is 2.29. The zero-order valence-corrected chi connectivity index (χ0v) is 17.4. The Morgan fingerprint density at radius 3 is 1.72 bits per heavy atom. The summed E-state index contributed by atoms with van der Waals surface area (Å²) in [6, 6.07) is 0. The van der Waals surface area contributed by atoms with Gasteiger partial charge in [-0.3, -0.25) is 0 Å². The van der Waals surface area contributed by atoms with Gasteiger partial charge in [-0.1, -0.05) is 77.2 Å². The van der Waals surface area contributed by atoms with E-state index in [1.807, 2.05) is 6.08 Å². The highest BCUT2D eigenvalue weighted by Gasteiger charge is 2.36. The Hall–Kier alpha value is -0.0900. The van der Waals surface area contributed by atoms with Gasteiger partial charge in [-0.05, 0) is 12.8 Å². The van der Waals surface area contributed by atoms with E-state index in [1.165, 1.54) is 64.2 Å². The average Bonchev–Trinajstić information content (AvgIpc) is 2.56. The molecule has 0 heterocycles. The van der Waals surface area contributed by atoms with Crippen molar-refractivity contribution in [2.75, 3.05) is 13.2 Å². The monoisotopic (exact) mass is 377 g/mol. The first kappa shape index (κ1) is 27.1. The second kappa shape index (κ2) is 18.7. The molecule has 0 aromatic heterocycles. The molecule has 1 unspecified atom stereocenters. The van der Waals surface area contributed by atoms with Crippen LogP contribution in [0.1, 0.15) is 96.8 Å². The van der Waals surface area contributed by atoms with Crippen LogP contribution >= 0.6 is 0 Å². The van der Waals surface area contributed by atoms with E-state index in [9.17, 15) is 10.2 Å². The van der Waals surface area contributed by atoms with Gasteiger partial charge in [0.05, 0.1) is 0 Å². The molecule has 0 bridgehead atoms. The van der Waals surface area contributed by atoms with E-state index in [2.05, 4.69) is 19.2 Å². The Balaban J connectivity index is 0. The van der Waals surface area contributed by atoms with Crippen LogP contribution in [0.5, 0.6) is 0 Å². The lowest BCUT2D eigenvalue weighted by atomic mass is 9.75. The van der Waals surface area contributed by atoms with Crippen LogP contribution in [0, 0.1) is 5.92 Å². The third-order valence-electron chi connectivity index (χ3n) is 5.44. The molecule has 0 rings (SSSR count).